The van der Waals surface area contributed by atoms with E-state index in [2.05, 4.69) is 30.6 Å². The summed E-state index contributed by atoms with van der Waals surface area (Å²) >= 11 is 0. The molecule has 0 aliphatic carbocycles. The number of nitrogens with one attached hydrogen (secondary N) is 2. The minimum Gasteiger partial charge on any atom is -0.338 e. The number of halogens is 5. The number of carbonyl (C=O) groups excluding carboxylic acids is 1. The summed E-state index contributed by atoms with van der Waals surface area (Å²) in [6.45, 7) is 2.10. The SMILES string of the molecule is CN1CCN(c2nc(Nc3cc(C(=O)Nc4ccccc4)ccn3)nc(-c3c(F)c(F)c(F)c(F)c3F)n2)CC1. The van der Waals surface area contributed by atoms with E-state index in [1.54, 1.807) is 35.2 Å². The Morgan fingerprint density at radius 2 is 1.48 bits per heavy atom. The Kier molecular flexibility index (Phi) is 7.51. The Morgan fingerprint density at radius 3 is 2.15 bits per heavy atom. The second-order valence-corrected chi connectivity index (χ2v) is 8.89. The standard InChI is InChI=1S/C26H21F5N8O/c1-38-9-11-39(12-10-38)26-36-23(17-18(27)20(29)22(31)21(30)19(17)28)35-25(37-26)34-16-13-14(7-8-32-16)24(40)33-15-5-3-2-4-6-15/h2-8,13H,9-12H2,1H3,(H,33,40)(H,32,34,35,36,37). The van der Waals surface area contributed by atoms with Gasteiger partial charge in [-0.15, -0.1) is 0 Å². The van der Waals surface area contributed by atoms with Crippen molar-refractivity contribution in [2.45, 2.75) is 0 Å². The molecule has 0 unspecified atom stereocenters. The second kappa shape index (κ2) is 11.2. The highest BCUT2D eigenvalue weighted by Crippen LogP contribution is 2.31. The van der Waals surface area contributed by atoms with Crippen LogP contribution in [-0.2, 0) is 0 Å². The van der Waals surface area contributed by atoms with Crippen LogP contribution in [0, 0.1) is 29.1 Å². The lowest BCUT2D eigenvalue weighted by Gasteiger charge is -2.32. The quantitative estimate of drug-likeness (QED) is 0.205. The predicted octanol–water partition coefficient (Wildman–Crippen LogP) is 4.38. The molecule has 0 spiro atoms. The van der Waals surface area contributed by atoms with Crippen LogP contribution in [0.3, 0.4) is 0 Å². The normalized spacial score (nSPS) is 13.8. The number of carbonyl (C=O) groups is 1. The minimum absolute atomic E-state index is 0.0393. The average Bonchev–Trinajstić information content (AvgIpc) is 2.96. The van der Waals surface area contributed by atoms with E-state index in [9.17, 15) is 26.7 Å². The maximum absolute atomic E-state index is 14.7. The number of pyridine rings is 1. The highest BCUT2D eigenvalue weighted by molar-refractivity contribution is 6.04. The molecule has 9 nitrogen and oxygen atoms in total. The van der Waals surface area contributed by atoms with E-state index in [4.69, 9.17) is 0 Å². The van der Waals surface area contributed by atoms with Crippen molar-refractivity contribution in [3.8, 4) is 11.4 Å². The second-order valence-electron chi connectivity index (χ2n) is 8.89. The number of nitrogens with zero attached hydrogens (tertiary/aromatic N) is 6. The molecule has 2 aromatic carbocycles. The zero-order valence-electron chi connectivity index (χ0n) is 20.9. The predicted molar refractivity (Wildman–Crippen MR) is 137 cm³/mol. The van der Waals surface area contributed by atoms with Gasteiger partial charge in [0.15, 0.2) is 29.1 Å². The number of piperazine rings is 1. The molecule has 206 valence electrons. The van der Waals surface area contributed by atoms with Gasteiger partial charge in [-0.3, -0.25) is 4.79 Å². The molecule has 0 atom stereocenters. The lowest BCUT2D eigenvalue weighted by molar-refractivity contribution is 0.102. The molecular weight excluding hydrogens is 535 g/mol. The van der Waals surface area contributed by atoms with Gasteiger partial charge >= 0.3 is 0 Å². The number of anilines is 4. The summed E-state index contributed by atoms with van der Waals surface area (Å²) in [5.74, 6) is -12.1. The number of hydrogen-bond acceptors (Lipinski definition) is 8. The summed E-state index contributed by atoms with van der Waals surface area (Å²) in [4.78, 5) is 32.8. The smallest absolute Gasteiger partial charge is 0.255 e. The molecular formula is C26H21F5N8O. The third kappa shape index (κ3) is 5.52. The summed E-state index contributed by atoms with van der Waals surface area (Å²) in [6.07, 6.45) is 1.34. The average molecular weight is 556 g/mol. The molecule has 1 aliphatic heterocycles. The molecule has 0 saturated carbocycles. The first-order chi connectivity index (χ1) is 19.2. The van der Waals surface area contributed by atoms with Gasteiger partial charge in [-0.1, -0.05) is 18.2 Å². The Morgan fingerprint density at radius 1 is 0.825 bits per heavy atom. The van der Waals surface area contributed by atoms with E-state index in [0.29, 0.717) is 31.9 Å². The van der Waals surface area contributed by atoms with Crippen LogP contribution in [0.5, 0.6) is 0 Å². The zero-order chi connectivity index (χ0) is 28.4. The van der Waals surface area contributed by atoms with Gasteiger partial charge < -0.3 is 20.4 Å². The topological polar surface area (TPSA) is 99.2 Å². The highest BCUT2D eigenvalue weighted by Gasteiger charge is 2.30. The van der Waals surface area contributed by atoms with Gasteiger partial charge in [0.05, 0.1) is 5.56 Å². The fraction of sp³-hybridized carbons (Fsp3) is 0.192. The summed E-state index contributed by atoms with van der Waals surface area (Å²) in [7, 11) is 1.91. The van der Waals surface area contributed by atoms with E-state index >= 15 is 0 Å². The van der Waals surface area contributed by atoms with Crippen LogP contribution in [0.15, 0.2) is 48.7 Å². The van der Waals surface area contributed by atoms with E-state index in [0.717, 1.165) is 0 Å². The lowest BCUT2D eigenvalue weighted by Crippen LogP contribution is -2.45. The lowest BCUT2D eigenvalue weighted by atomic mass is 10.1. The Balaban J connectivity index is 1.52. The van der Waals surface area contributed by atoms with Crippen LogP contribution in [-0.4, -0.2) is 64.0 Å². The van der Waals surface area contributed by atoms with Gasteiger partial charge in [-0.25, -0.2) is 26.9 Å². The first-order valence-electron chi connectivity index (χ1n) is 12.0. The van der Waals surface area contributed by atoms with E-state index in [-0.39, 0.29) is 23.3 Å². The maximum Gasteiger partial charge on any atom is 0.255 e. The van der Waals surface area contributed by atoms with Crippen molar-refractivity contribution in [3.05, 3.63) is 83.3 Å². The molecule has 1 fully saturated rings. The molecule has 2 aromatic heterocycles. The van der Waals surface area contributed by atoms with Crippen molar-refractivity contribution in [2.24, 2.45) is 0 Å². The van der Waals surface area contributed by atoms with Crippen molar-refractivity contribution in [1.29, 1.82) is 0 Å². The summed E-state index contributed by atoms with van der Waals surface area (Å²) < 4.78 is 71.0. The van der Waals surface area contributed by atoms with Crippen LogP contribution < -0.4 is 15.5 Å². The van der Waals surface area contributed by atoms with Crippen LogP contribution in [0.25, 0.3) is 11.4 Å². The number of benzene rings is 2. The third-order valence-corrected chi connectivity index (χ3v) is 6.14. The number of amides is 1. The molecule has 3 heterocycles. The molecule has 5 rings (SSSR count). The molecule has 1 aliphatic rings. The van der Waals surface area contributed by atoms with Gasteiger partial charge in [0, 0.05) is 43.6 Å². The van der Waals surface area contributed by atoms with Gasteiger partial charge in [0.1, 0.15) is 5.82 Å². The van der Waals surface area contributed by atoms with Crippen LogP contribution in [0.4, 0.5) is 45.4 Å². The van der Waals surface area contributed by atoms with Gasteiger partial charge in [0.2, 0.25) is 17.7 Å². The Hall–Kier alpha value is -4.72. The van der Waals surface area contributed by atoms with Crippen molar-refractivity contribution >= 4 is 29.3 Å². The fourth-order valence-corrected chi connectivity index (χ4v) is 3.96. The molecule has 40 heavy (non-hydrogen) atoms. The van der Waals surface area contributed by atoms with Crippen molar-refractivity contribution in [3.63, 3.8) is 0 Å². The molecule has 2 N–H and O–H groups in total. The molecule has 1 amide bonds. The Labute approximate surface area is 224 Å². The van der Waals surface area contributed by atoms with Crippen molar-refractivity contribution in [1.82, 2.24) is 24.8 Å². The number of hydrogen-bond donors (Lipinski definition) is 2. The largest absolute Gasteiger partial charge is 0.338 e. The zero-order valence-corrected chi connectivity index (χ0v) is 20.9. The van der Waals surface area contributed by atoms with Crippen molar-refractivity contribution < 1.29 is 26.7 Å². The van der Waals surface area contributed by atoms with Crippen LogP contribution in [0.1, 0.15) is 10.4 Å². The highest BCUT2D eigenvalue weighted by atomic mass is 19.2. The van der Waals surface area contributed by atoms with Crippen LogP contribution >= 0.6 is 0 Å². The molecule has 14 heteroatoms. The molecule has 0 bridgehead atoms. The van der Waals surface area contributed by atoms with Gasteiger partial charge in [-0.05, 0) is 31.3 Å². The van der Waals surface area contributed by atoms with E-state index < -0.39 is 46.4 Å². The Bertz CT molecular complexity index is 1540. The minimum atomic E-state index is -2.29. The molecule has 4 aromatic rings. The first-order valence-corrected chi connectivity index (χ1v) is 12.0. The van der Waals surface area contributed by atoms with Crippen LogP contribution in [0.2, 0.25) is 0 Å². The third-order valence-electron chi connectivity index (χ3n) is 6.14. The molecule has 0 radical (unpaired) electrons. The number of likely N-dealkylation sites (N-methyl/N-ethyl adjacent to an activating group) is 1. The maximum atomic E-state index is 14.7. The van der Waals surface area contributed by atoms with Gasteiger partial charge in [-0.2, -0.15) is 15.0 Å². The van der Waals surface area contributed by atoms with E-state index in [1.165, 1.54) is 18.3 Å². The van der Waals surface area contributed by atoms with Crippen molar-refractivity contribution in [2.75, 3.05) is 48.8 Å². The first kappa shape index (κ1) is 26.9. The number of para-hydroxylation sites is 1. The fourth-order valence-electron chi connectivity index (χ4n) is 3.96. The summed E-state index contributed by atoms with van der Waals surface area (Å²) in [6, 6.07) is 11.6. The number of rotatable bonds is 6. The summed E-state index contributed by atoms with van der Waals surface area (Å²) in [5.41, 5.74) is -0.503. The summed E-state index contributed by atoms with van der Waals surface area (Å²) in [5, 5.41) is 5.48. The van der Waals surface area contributed by atoms with Gasteiger partial charge in [0.25, 0.3) is 5.91 Å². The monoisotopic (exact) mass is 556 g/mol. The molecule has 1 saturated heterocycles. The van der Waals surface area contributed by atoms with E-state index in [1.807, 2.05) is 11.9 Å². The number of aromatic nitrogens is 4.